The smallest absolute Gasteiger partial charge is 0.339 e. The van der Waals surface area contributed by atoms with Crippen molar-refractivity contribution in [2.75, 3.05) is 26.1 Å². The average Bonchev–Trinajstić information content (AvgIpc) is 2.99. The molecule has 0 aliphatic carbocycles. The lowest BCUT2D eigenvalue weighted by Crippen LogP contribution is -2.26. The third-order valence-electron chi connectivity index (χ3n) is 4.42. The van der Waals surface area contributed by atoms with Crippen LogP contribution >= 0.6 is 11.8 Å². The van der Waals surface area contributed by atoms with Crippen molar-refractivity contribution >= 4 is 41.1 Å². The molecule has 3 amide bonds. The largest absolute Gasteiger partial charge is 0.497 e. The molecular formula is C21H20N2O6S. The van der Waals surface area contributed by atoms with E-state index in [0.717, 1.165) is 16.7 Å². The van der Waals surface area contributed by atoms with E-state index < -0.39 is 23.7 Å². The van der Waals surface area contributed by atoms with E-state index in [4.69, 9.17) is 9.47 Å². The standard InChI is InChI=1S/C21H20N2O6S/c1-23-19(25)11-17(20(23)26)30-16-6-4-3-5-15(16)21(27)29-12-18(24)22-13-7-9-14(28-2)10-8-13/h3-10,17H,11-12H2,1-2H3,(H,22,24). The number of anilines is 1. The predicted molar refractivity (Wildman–Crippen MR) is 110 cm³/mol. The second kappa shape index (κ2) is 9.45. The number of benzene rings is 2. The van der Waals surface area contributed by atoms with Crippen LogP contribution in [0.25, 0.3) is 0 Å². The van der Waals surface area contributed by atoms with Gasteiger partial charge < -0.3 is 14.8 Å². The number of carbonyl (C=O) groups excluding carboxylic acids is 4. The zero-order chi connectivity index (χ0) is 21.7. The van der Waals surface area contributed by atoms with E-state index in [9.17, 15) is 19.2 Å². The van der Waals surface area contributed by atoms with Crippen molar-refractivity contribution in [1.29, 1.82) is 0 Å². The minimum atomic E-state index is -0.687. The summed E-state index contributed by atoms with van der Waals surface area (Å²) in [6, 6.07) is 13.3. The Labute approximate surface area is 177 Å². The lowest BCUT2D eigenvalue weighted by molar-refractivity contribution is -0.136. The molecule has 1 aliphatic heterocycles. The molecule has 2 aromatic carbocycles. The van der Waals surface area contributed by atoms with E-state index in [0.29, 0.717) is 16.3 Å². The second-order valence-electron chi connectivity index (χ2n) is 6.45. The average molecular weight is 428 g/mol. The van der Waals surface area contributed by atoms with Crippen LogP contribution in [0.4, 0.5) is 5.69 Å². The molecule has 0 bridgehead atoms. The van der Waals surface area contributed by atoms with Crippen molar-refractivity contribution in [3.63, 3.8) is 0 Å². The molecule has 1 unspecified atom stereocenters. The van der Waals surface area contributed by atoms with Gasteiger partial charge >= 0.3 is 5.97 Å². The topological polar surface area (TPSA) is 102 Å². The summed E-state index contributed by atoms with van der Waals surface area (Å²) in [5.74, 6) is -1.08. The van der Waals surface area contributed by atoms with Crippen molar-refractivity contribution in [2.24, 2.45) is 0 Å². The summed E-state index contributed by atoms with van der Waals surface area (Å²) >= 11 is 1.14. The second-order valence-corrected chi connectivity index (χ2v) is 7.70. The van der Waals surface area contributed by atoms with Crippen LogP contribution in [0.3, 0.4) is 0 Å². The summed E-state index contributed by atoms with van der Waals surface area (Å²) in [6.07, 6.45) is 0.0770. The Hall–Kier alpha value is -3.33. The molecule has 30 heavy (non-hydrogen) atoms. The fourth-order valence-electron chi connectivity index (χ4n) is 2.79. The van der Waals surface area contributed by atoms with Crippen molar-refractivity contribution in [2.45, 2.75) is 16.6 Å². The van der Waals surface area contributed by atoms with E-state index in [1.807, 2.05) is 0 Å². The van der Waals surface area contributed by atoms with Crippen LogP contribution in [0.2, 0.25) is 0 Å². The highest BCUT2D eigenvalue weighted by molar-refractivity contribution is 8.00. The van der Waals surface area contributed by atoms with Gasteiger partial charge in [0, 0.05) is 24.1 Å². The minimum Gasteiger partial charge on any atom is -0.497 e. The van der Waals surface area contributed by atoms with Gasteiger partial charge in [0.25, 0.3) is 5.91 Å². The predicted octanol–water partition coefficient (Wildman–Crippen LogP) is 2.34. The molecule has 0 spiro atoms. The van der Waals surface area contributed by atoms with Crippen LogP contribution in [0.1, 0.15) is 16.8 Å². The van der Waals surface area contributed by atoms with E-state index in [2.05, 4.69) is 5.32 Å². The molecule has 156 valence electrons. The summed E-state index contributed by atoms with van der Waals surface area (Å²) in [6.45, 7) is -0.465. The molecule has 1 heterocycles. The minimum absolute atomic E-state index is 0.0770. The zero-order valence-electron chi connectivity index (χ0n) is 16.4. The summed E-state index contributed by atoms with van der Waals surface area (Å²) in [5, 5.41) is 2.04. The van der Waals surface area contributed by atoms with Crippen LogP contribution in [0, 0.1) is 0 Å². The number of carbonyl (C=O) groups is 4. The molecule has 1 fully saturated rings. The van der Waals surface area contributed by atoms with Crippen molar-refractivity contribution in [3.05, 3.63) is 54.1 Å². The van der Waals surface area contributed by atoms with Gasteiger partial charge in [-0.2, -0.15) is 0 Å². The molecule has 2 aromatic rings. The molecule has 0 radical (unpaired) electrons. The number of likely N-dealkylation sites (tertiary alicyclic amines) is 1. The van der Waals surface area contributed by atoms with E-state index in [1.54, 1.807) is 55.6 Å². The number of nitrogens with zero attached hydrogens (tertiary/aromatic N) is 1. The van der Waals surface area contributed by atoms with Crippen molar-refractivity contribution < 1.29 is 28.7 Å². The molecule has 1 N–H and O–H groups in total. The first-order valence-corrected chi connectivity index (χ1v) is 9.94. The van der Waals surface area contributed by atoms with E-state index >= 15 is 0 Å². The summed E-state index contributed by atoms with van der Waals surface area (Å²) in [7, 11) is 2.98. The van der Waals surface area contributed by atoms with Gasteiger partial charge in [0.15, 0.2) is 6.61 Å². The lowest BCUT2D eigenvalue weighted by Gasteiger charge is -2.12. The number of esters is 1. The highest BCUT2D eigenvalue weighted by atomic mass is 32.2. The Morgan fingerprint density at radius 1 is 1.13 bits per heavy atom. The van der Waals surface area contributed by atoms with Gasteiger partial charge in [0.2, 0.25) is 11.8 Å². The van der Waals surface area contributed by atoms with Gasteiger partial charge in [-0.15, -0.1) is 11.8 Å². The van der Waals surface area contributed by atoms with Gasteiger partial charge in [-0.3, -0.25) is 19.3 Å². The van der Waals surface area contributed by atoms with Gasteiger partial charge in [-0.05, 0) is 36.4 Å². The summed E-state index contributed by atoms with van der Waals surface area (Å²) in [5.41, 5.74) is 0.774. The maximum Gasteiger partial charge on any atom is 0.339 e. The number of imide groups is 1. The number of amides is 3. The van der Waals surface area contributed by atoms with Gasteiger partial charge in [0.1, 0.15) is 5.75 Å². The Morgan fingerprint density at radius 2 is 1.83 bits per heavy atom. The molecule has 8 nitrogen and oxygen atoms in total. The first kappa shape index (κ1) is 21.4. The van der Waals surface area contributed by atoms with Gasteiger partial charge in [0.05, 0.1) is 17.9 Å². The number of rotatable bonds is 7. The molecule has 3 rings (SSSR count). The number of thioether (sulfide) groups is 1. The highest BCUT2D eigenvalue weighted by Crippen LogP contribution is 2.33. The summed E-state index contributed by atoms with van der Waals surface area (Å²) in [4.78, 5) is 50.0. The van der Waals surface area contributed by atoms with Crippen molar-refractivity contribution in [1.82, 2.24) is 4.90 Å². The number of hydrogen-bond acceptors (Lipinski definition) is 7. The fourth-order valence-corrected chi connectivity index (χ4v) is 4.01. The Bertz CT molecular complexity index is 976. The van der Waals surface area contributed by atoms with Gasteiger partial charge in [-0.25, -0.2) is 4.79 Å². The summed E-state index contributed by atoms with van der Waals surface area (Å²) < 4.78 is 10.2. The lowest BCUT2D eigenvalue weighted by atomic mass is 10.2. The molecular weight excluding hydrogens is 408 g/mol. The Kier molecular flexibility index (Phi) is 6.73. The first-order valence-electron chi connectivity index (χ1n) is 9.06. The highest BCUT2D eigenvalue weighted by Gasteiger charge is 2.37. The molecule has 1 atom stereocenters. The number of hydrogen-bond donors (Lipinski definition) is 1. The quantitative estimate of drug-likeness (QED) is 0.533. The van der Waals surface area contributed by atoms with Crippen LogP contribution in [0.5, 0.6) is 5.75 Å². The molecule has 0 saturated carbocycles. The third-order valence-corrected chi connectivity index (χ3v) is 5.69. The molecule has 1 aliphatic rings. The first-order chi connectivity index (χ1) is 14.4. The van der Waals surface area contributed by atoms with Gasteiger partial charge in [-0.1, -0.05) is 12.1 Å². The van der Waals surface area contributed by atoms with Crippen LogP contribution < -0.4 is 10.1 Å². The normalized spacial score (nSPS) is 15.8. The number of nitrogens with one attached hydrogen (secondary N) is 1. The van der Waals surface area contributed by atoms with E-state index in [-0.39, 0.29) is 23.8 Å². The van der Waals surface area contributed by atoms with E-state index in [1.165, 1.54) is 7.05 Å². The SMILES string of the molecule is COc1ccc(NC(=O)COC(=O)c2ccccc2SC2CC(=O)N(C)C2=O)cc1. The molecule has 1 saturated heterocycles. The third kappa shape index (κ3) is 4.98. The maximum atomic E-state index is 12.5. The Morgan fingerprint density at radius 3 is 2.47 bits per heavy atom. The molecule has 0 aromatic heterocycles. The fraction of sp³-hybridized carbons (Fsp3) is 0.238. The molecule has 9 heteroatoms. The van der Waals surface area contributed by atoms with Crippen LogP contribution in [-0.2, 0) is 19.1 Å². The zero-order valence-corrected chi connectivity index (χ0v) is 17.2. The number of ether oxygens (including phenoxy) is 2. The number of methoxy groups -OCH3 is 1. The Balaban J connectivity index is 1.59. The maximum absolute atomic E-state index is 12.5. The monoisotopic (exact) mass is 428 g/mol. The van der Waals surface area contributed by atoms with Crippen LogP contribution in [0.15, 0.2) is 53.4 Å². The van der Waals surface area contributed by atoms with Crippen LogP contribution in [-0.4, -0.2) is 54.6 Å². The van der Waals surface area contributed by atoms with Crippen molar-refractivity contribution in [3.8, 4) is 5.75 Å².